The first-order chi connectivity index (χ1) is 16.5. The standard InChI is InChI=1S/C27H30ClN3O3/c1-2-3-4-5-6-7-18-29-22-12-8-20(9-13-22)21-10-14-23(15-11-21)30-27(32)25-19-24(31(33)34)16-17-26(25)28/h8-17,19,29H,2-7,18H2,1H3,(H,30,32). The largest absolute Gasteiger partial charge is 0.385 e. The van der Waals surface area contributed by atoms with E-state index in [4.69, 9.17) is 11.6 Å². The number of nitrogens with zero attached hydrogens (tertiary/aromatic N) is 1. The zero-order valence-corrected chi connectivity index (χ0v) is 20.1. The highest BCUT2D eigenvalue weighted by atomic mass is 35.5. The van der Waals surface area contributed by atoms with Crippen LogP contribution in [0.1, 0.15) is 55.8 Å². The lowest BCUT2D eigenvalue weighted by Gasteiger charge is -2.10. The Balaban J connectivity index is 1.54. The number of carbonyl (C=O) groups is 1. The van der Waals surface area contributed by atoms with Crippen LogP contribution in [-0.4, -0.2) is 17.4 Å². The lowest BCUT2D eigenvalue weighted by molar-refractivity contribution is -0.384. The van der Waals surface area contributed by atoms with E-state index in [1.807, 2.05) is 12.1 Å². The van der Waals surface area contributed by atoms with E-state index < -0.39 is 10.8 Å². The van der Waals surface area contributed by atoms with Crippen molar-refractivity contribution in [1.29, 1.82) is 0 Å². The summed E-state index contributed by atoms with van der Waals surface area (Å²) >= 11 is 6.06. The van der Waals surface area contributed by atoms with Gasteiger partial charge in [0, 0.05) is 30.1 Å². The highest BCUT2D eigenvalue weighted by Gasteiger charge is 2.16. The first kappa shape index (κ1) is 25.2. The number of benzene rings is 3. The SMILES string of the molecule is CCCCCCCCNc1ccc(-c2ccc(NC(=O)c3cc([N+](=O)[O-])ccc3Cl)cc2)cc1. The Morgan fingerprint density at radius 1 is 0.853 bits per heavy atom. The van der Waals surface area contributed by atoms with Gasteiger partial charge < -0.3 is 10.6 Å². The van der Waals surface area contributed by atoms with E-state index in [0.29, 0.717) is 5.69 Å². The van der Waals surface area contributed by atoms with Crippen molar-refractivity contribution in [1.82, 2.24) is 0 Å². The fourth-order valence-corrected chi connectivity index (χ4v) is 3.87. The molecule has 0 unspecified atom stereocenters. The van der Waals surface area contributed by atoms with Crippen LogP contribution in [0, 0.1) is 10.1 Å². The van der Waals surface area contributed by atoms with Crippen LogP contribution in [0.3, 0.4) is 0 Å². The Labute approximate surface area is 205 Å². The summed E-state index contributed by atoms with van der Waals surface area (Å²) in [5, 5.41) is 17.3. The van der Waals surface area contributed by atoms with Crippen molar-refractivity contribution < 1.29 is 9.72 Å². The predicted octanol–water partition coefficient (Wildman–Crippen LogP) is 7.94. The molecule has 34 heavy (non-hydrogen) atoms. The summed E-state index contributed by atoms with van der Waals surface area (Å²) in [6.45, 7) is 3.21. The molecule has 0 atom stereocenters. The Morgan fingerprint density at radius 2 is 1.44 bits per heavy atom. The third kappa shape index (κ3) is 7.32. The van der Waals surface area contributed by atoms with Gasteiger partial charge in [0.25, 0.3) is 11.6 Å². The lowest BCUT2D eigenvalue weighted by Crippen LogP contribution is -2.12. The van der Waals surface area contributed by atoms with Crippen LogP contribution < -0.4 is 10.6 Å². The third-order valence-electron chi connectivity index (χ3n) is 5.63. The maximum absolute atomic E-state index is 12.6. The maximum Gasteiger partial charge on any atom is 0.270 e. The van der Waals surface area contributed by atoms with Crippen molar-refractivity contribution in [2.45, 2.75) is 45.4 Å². The van der Waals surface area contributed by atoms with Gasteiger partial charge in [-0.2, -0.15) is 0 Å². The highest BCUT2D eigenvalue weighted by molar-refractivity contribution is 6.34. The molecule has 2 N–H and O–H groups in total. The molecule has 0 radical (unpaired) electrons. The molecular weight excluding hydrogens is 450 g/mol. The number of rotatable bonds is 12. The van der Waals surface area contributed by atoms with Crippen molar-refractivity contribution in [3.8, 4) is 11.1 Å². The number of nitro benzene ring substituents is 1. The van der Waals surface area contributed by atoms with Gasteiger partial charge in [0.1, 0.15) is 0 Å². The summed E-state index contributed by atoms with van der Waals surface area (Å²) in [7, 11) is 0. The van der Waals surface area contributed by atoms with Crippen LogP contribution >= 0.6 is 11.6 Å². The van der Waals surface area contributed by atoms with Crippen molar-refractivity contribution in [3.05, 3.63) is 87.4 Å². The summed E-state index contributed by atoms with van der Waals surface area (Å²) in [5.41, 5.74) is 3.65. The normalized spacial score (nSPS) is 10.6. The minimum Gasteiger partial charge on any atom is -0.385 e. The van der Waals surface area contributed by atoms with Gasteiger partial charge >= 0.3 is 0 Å². The van der Waals surface area contributed by atoms with Crippen LogP contribution in [-0.2, 0) is 0 Å². The van der Waals surface area contributed by atoms with Gasteiger partial charge in [-0.3, -0.25) is 14.9 Å². The van der Waals surface area contributed by atoms with E-state index in [-0.39, 0.29) is 16.3 Å². The molecule has 0 aliphatic heterocycles. The van der Waals surface area contributed by atoms with Gasteiger partial charge in [-0.15, -0.1) is 0 Å². The molecule has 0 fully saturated rings. The second-order valence-electron chi connectivity index (χ2n) is 8.22. The zero-order valence-electron chi connectivity index (χ0n) is 19.4. The molecule has 3 aromatic carbocycles. The first-order valence-electron chi connectivity index (χ1n) is 11.7. The molecule has 0 bridgehead atoms. The van der Waals surface area contributed by atoms with E-state index in [1.54, 1.807) is 12.1 Å². The molecule has 6 nitrogen and oxygen atoms in total. The molecule has 3 aromatic rings. The average Bonchev–Trinajstić information content (AvgIpc) is 2.84. The van der Waals surface area contributed by atoms with E-state index in [0.717, 1.165) is 23.4 Å². The summed E-state index contributed by atoms with van der Waals surface area (Å²) in [6.07, 6.45) is 7.69. The fourth-order valence-electron chi connectivity index (χ4n) is 3.66. The second-order valence-corrected chi connectivity index (χ2v) is 8.63. The van der Waals surface area contributed by atoms with Gasteiger partial charge in [0.2, 0.25) is 0 Å². The Kier molecular flexibility index (Phi) is 9.47. The third-order valence-corrected chi connectivity index (χ3v) is 5.96. The van der Waals surface area contributed by atoms with E-state index in [1.165, 1.54) is 56.7 Å². The van der Waals surface area contributed by atoms with Crippen molar-refractivity contribution in [2.24, 2.45) is 0 Å². The number of hydrogen-bond acceptors (Lipinski definition) is 4. The fraction of sp³-hybridized carbons (Fsp3) is 0.296. The Morgan fingerprint density at radius 3 is 2.06 bits per heavy atom. The summed E-state index contributed by atoms with van der Waals surface area (Å²) < 4.78 is 0. The zero-order chi connectivity index (χ0) is 24.3. The average molecular weight is 480 g/mol. The molecule has 0 saturated carbocycles. The number of anilines is 2. The van der Waals surface area contributed by atoms with E-state index >= 15 is 0 Å². The summed E-state index contributed by atoms with van der Waals surface area (Å²) in [5.74, 6) is -0.498. The number of non-ortho nitro benzene ring substituents is 1. The number of nitro groups is 1. The number of nitrogens with one attached hydrogen (secondary N) is 2. The monoisotopic (exact) mass is 479 g/mol. The molecular formula is C27H30ClN3O3. The number of unbranched alkanes of at least 4 members (excludes halogenated alkanes) is 5. The molecule has 3 rings (SSSR count). The minimum absolute atomic E-state index is 0.0593. The van der Waals surface area contributed by atoms with Gasteiger partial charge in [0.05, 0.1) is 15.5 Å². The molecule has 0 aliphatic rings. The lowest BCUT2D eigenvalue weighted by atomic mass is 10.0. The quantitative estimate of drug-likeness (QED) is 0.157. The molecule has 1 amide bonds. The van der Waals surface area contributed by atoms with E-state index in [9.17, 15) is 14.9 Å². The smallest absolute Gasteiger partial charge is 0.270 e. The van der Waals surface area contributed by atoms with Gasteiger partial charge in [0.15, 0.2) is 0 Å². The van der Waals surface area contributed by atoms with Crippen molar-refractivity contribution in [3.63, 3.8) is 0 Å². The number of hydrogen-bond donors (Lipinski definition) is 2. The van der Waals surface area contributed by atoms with Gasteiger partial charge in [-0.25, -0.2) is 0 Å². The van der Waals surface area contributed by atoms with Crippen LogP contribution in [0.25, 0.3) is 11.1 Å². The minimum atomic E-state index is -0.558. The molecule has 7 heteroatoms. The second kappa shape index (κ2) is 12.8. The molecule has 0 aliphatic carbocycles. The van der Waals surface area contributed by atoms with Crippen LogP contribution in [0.5, 0.6) is 0 Å². The van der Waals surface area contributed by atoms with E-state index in [2.05, 4.69) is 41.8 Å². The first-order valence-corrected chi connectivity index (χ1v) is 12.1. The predicted molar refractivity (Wildman–Crippen MR) is 140 cm³/mol. The van der Waals surface area contributed by atoms with Crippen LogP contribution in [0.4, 0.5) is 17.1 Å². The molecule has 0 aromatic heterocycles. The van der Waals surface area contributed by atoms with Gasteiger partial charge in [-0.05, 0) is 47.9 Å². The maximum atomic E-state index is 12.6. The highest BCUT2D eigenvalue weighted by Crippen LogP contribution is 2.26. The summed E-state index contributed by atoms with van der Waals surface area (Å²) in [4.78, 5) is 23.0. The molecule has 178 valence electrons. The number of carbonyl (C=O) groups excluding carboxylic acids is 1. The molecule has 0 saturated heterocycles. The molecule has 0 spiro atoms. The van der Waals surface area contributed by atoms with Crippen molar-refractivity contribution in [2.75, 3.05) is 17.2 Å². The van der Waals surface area contributed by atoms with Gasteiger partial charge in [-0.1, -0.05) is 74.9 Å². The Bertz CT molecular complexity index is 1100. The van der Waals surface area contributed by atoms with Crippen molar-refractivity contribution >= 4 is 34.6 Å². The van der Waals surface area contributed by atoms with Crippen LogP contribution in [0.2, 0.25) is 5.02 Å². The van der Waals surface area contributed by atoms with Crippen LogP contribution in [0.15, 0.2) is 66.7 Å². The molecule has 0 heterocycles. The Hall–Kier alpha value is -3.38. The topological polar surface area (TPSA) is 84.3 Å². The number of amides is 1. The summed E-state index contributed by atoms with van der Waals surface area (Å²) in [6, 6.07) is 19.5. The number of halogens is 1.